The van der Waals surface area contributed by atoms with Gasteiger partial charge in [-0.05, 0) is 63.1 Å². The molecular weight excluding hydrogens is 412 g/mol. The van der Waals surface area contributed by atoms with E-state index in [2.05, 4.69) is 42.2 Å². The molecule has 2 N–H and O–H groups in total. The Morgan fingerprint density at radius 3 is 2.58 bits per heavy atom. The number of rotatable bonds is 3. The normalized spacial score (nSPS) is 10.5. The van der Waals surface area contributed by atoms with Crippen LogP contribution in [0.4, 0.5) is 5.69 Å². The Labute approximate surface area is 136 Å². The third kappa shape index (κ3) is 3.75. The summed E-state index contributed by atoms with van der Waals surface area (Å²) in [6.45, 7) is 1.92. The first-order valence-corrected chi connectivity index (χ1v) is 8.21. The van der Waals surface area contributed by atoms with E-state index >= 15 is 0 Å². The number of aromatic amines is 1. The van der Waals surface area contributed by atoms with E-state index in [1.54, 1.807) is 0 Å². The van der Waals surface area contributed by atoms with E-state index in [0.29, 0.717) is 10.4 Å². The van der Waals surface area contributed by atoms with Crippen molar-refractivity contribution in [3.63, 3.8) is 0 Å². The average Bonchev–Trinajstić information content (AvgIpc) is 2.63. The number of para-hydroxylation sites is 1. The van der Waals surface area contributed by atoms with Crippen molar-refractivity contribution in [2.45, 2.75) is 13.3 Å². The Balaban J connectivity index is 2.14. The molecule has 2 aromatic rings. The van der Waals surface area contributed by atoms with E-state index in [0.717, 1.165) is 25.2 Å². The number of thiazole rings is 1. The molecule has 0 saturated carbocycles. The van der Waals surface area contributed by atoms with Gasteiger partial charge in [0.1, 0.15) is 0 Å². The molecule has 0 aliphatic heterocycles. The molecule has 1 aromatic heterocycles. The van der Waals surface area contributed by atoms with Crippen molar-refractivity contribution < 1.29 is 4.79 Å². The fraction of sp³-hybridized carbons (Fsp3) is 0.167. The number of carbonyl (C=O) groups excluding carboxylic acids is 1. The minimum absolute atomic E-state index is 0.0686. The molecule has 19 heavy (non-hydrogen) atoms. The Kier molecular flexibility index (Phi) is 4.94. The van der Waals surface area contributed by atoms with Crippen LogP contribution in [0, 0.1) is 10.9 Å². The summed E-state index contributed by atoms with van der Waals surface area (Å²) in [5.74, 6) is -0.0686. The maximum Gasteiger partial charge on any atom is 0.229 e. The van der Waals surface area contributed by atoms with Crippen LogP contribution in [-0.2, 0) is 11.2 Å². The van der Waals surface area contributed by atoms with E-state index in [1.165, 1.54) is 11.3 Å². The average molecular weight is 422 g/mol. The van der Waals surface area contributed by atoms with Crippen LogP contribution in [-0.4, -0.2) is 10.9 Å². The molecule has 0 saturated heterocycles. The first kappa shape index (κ1) is 14.9. The topological polar surface area (TPSA) is 44.9 Å². The second-order valence-electron chi connectivity index (χ2n) is 3.88. The minimum Gasteiger partial charge on any atom is -0.341 e. The van der Waals surface area contributed by atoms with Crippen molar-refractivity contribution in [2.75, 3.05) is 5.32 Å². The summed E-state index contributed by atoms with van der Waals surface area (Å²) in [5.41, 5.74) is 1.70. The van der Waals surface area contributed by atoms with E-state index in [1.807, 2.05) is 25.1 Å². The molecule has 0 bridgehead atoms. The first-order chi connectivity index (χ1) is 8.97. The predicted octanol–water partition coefficient (Wildman–Crippen LogP) is 4.82. The number of nitrogens with one attached hydrogen (secondary N) is 2. The lowest BCUT2D eigenvalue weighted by molar-refractivity contribution is -0.115. The van der Waals surface area contributed by atoms with Crippen molar-refractivity contribution >= 4 is 67.0 Å². The lowest BCUT2D eigenvalue weighted by Gasteiger charge is -2.09. The highest BCUT2D eigenvalue weighted by atomic mass is 79.9. The number of hydrogen-bond acceptors (Lipinski definition) is 3. The molecule has 0 spiro atoms. The van der Waals surface area contributed by atoms with E-state index in [4.69, 9.17) is 12.2 Å². The molecule has 2 rings (SSSR count). The van der Waals surface area contributed by atoms with Crippen LogP contribution < -0.4 is 5.32 Å². The van der Waals surface area contributed by atoms with Gasteiger partial charge in [-0.2, -0.15) is 0 Å². The second-order valence-corrected chi connectivity index (χ2v) is 7.36. The number of carbonyl (C=O) groups is 1. The molecule has 0 atom stereocenters. The zero-order valence-electron chi connectivity index (χ0n) is 9.92. The second kappa shape index (κ2) is 6.30. The van der Waals surface area contributed by atoms with E-state index in [-0.39, 0.29) is 5.91 Å². The van der Waals surface area contributed by atoms with Gasteiger partial charge in [0.25, 0.3) is 0 Å². The fourth-order valence-electron chi connectivity index (χ4n) is 1.55. The maximum absolute atomic E-state index is 12.1. The monoisotopic (exact) mass is 420 g/mol. The lowest BCUT2D eigenvalue weighted by Crippen LogP contribution is -2.15. The van der Waals surface area contributed by atoms with Crippen LogP contribution in [0.1, 0.15) is 10.6 Å². The van der Waals surface area contributed by atoms with Gasteiger partial charge >= 0.3 is 0 Å². The largest absolute Gasteiger partial charge is 0.341 e. The standard InChI is InChI=1S/C12H10Br2N2OS2/c1-6-9(19-12(18)15-6)5-10(17)16-11-7(13)3-2-4-8(11)14/h2-4H,5H2,1H3,(H,15,18)(H,16,17). The van der Waals surface area contributed by atoms with Crippen LogP contribution in [0.3, 0.4) is 0 Å². The first-order valence-electron chi connectivity index (χ1n) is 5.40. The number of halogens is 2. The number of aromatic nitrogens is 1. The summed E-state index contributed by atoms with van der Waals surface area (Å²) in [6, 6.07) is 5.66. The van der Waals surface area contributed by atoms with Crippen molar-refractivity contribution in [1.29, 1.82) is 0 Å². The summed E-state index contributed by atoms with van der Waals surface area (Å²) in [5, 5.41) is 2.89. The molecule has 0 aliphatic rings. The smallest absolute Gasteiger partial charge is 0.229 e. The van der Waals surface area contributed by atoms with Gasteiger partial charge in [0.2, 0.25) is 5.91 Å². The highest BCUT2D eigenvalue weighted by Crippen LogP contribution is 2.30. The van der Waals surface area contributed by atoms with Crippen LogP contribution in [0.5, 0.6) is 0 Å². The summed E-state index contributed by atoms with van der Waals surface area (Å²) >= 11 is 13.3. The third-order valence-electron chi connectivity index (χ3n) is 2.47. The molecular formula is C12H10Br2N2OS2. The van der Waals surface area contributed by atoms with Crippen LogP contribution in [0.15, 0.2) is 27.1 Å². The van der Waals surface area contributed by atoms with Crippen LogP contribution >= 0.6 is 55.4 Å². The number of aryl methyl sites for hydroxylation is 1. The van der Waals surface area contributed by atoms with Gasteiger partial charge in [0.05, 0.1) is 12.1 Å². The zero-order chi connectivity index (χ0) is 14.0. The quantitative estimate of drug-likeness (QED) is 0.697. The summed E-state index contributed by atoms with van der Waals surface area (Å²) in [6.07, 6.45) is 0.317. The molecule has 0 radical (unpaired) electrons. The van der Waals surface area contributed by atoms with E-state index < -0.39 is 0 Å². The Bertz CT molecular complexity index is 658. The molecule has 1 heterocycles. The molecule has 1 aromatic carbocycles. The maximum atomic E-state index is 12.1. The minimum atomic E-state index is -0.0686. The van der Waals surface area contributed by atoms with Gasteiger partial charge < -0.3 is 10.3 Å². The number of benzene rings is 1. The highest BCUT2D eigenvalue weighted by Gasteiger charge is 2.12. The molecule has 0 fully saturated rings. The van der Waals surface area contributed by atoms with E-state index in [9.17, 15) is 4.79 Å². The Morgan fingerprint density at radius 2 is 2.05 bits per heavy atom. The summed E-state index contributed by atoms with van der Waals surface area (Å²) < 4.78 is 2.38. The summed E-state index contributed by atoms with van der Waals surface area (Å²) in [7, 11) is 0. The van der Waals surface area contributed by atoms with Crippen molar-refractivity contribution in [1.82, 2.24) is 4.98 Å². The van der Waals surface area contributed by atoms with Gasteiger partial charge in [-0.1, -0.05) is 6.07 Å². The number of H-pyrrole nitrogens is 1. The molecule has 0 aliphatic carbocycles. The molecule has 100 valence electrons. The van der Waals surface area contributed by atoms with Gasteiger partial charge in [-0.15, -0.1) is 11.3 Å². The van der Waals surface area contributed by atoms with Crippen molar-refractivity contribution in [2.24, 2.45) is 0 Å². The number of amides is 1. The lowest BCUT2D eigenvalue weighted by atomic mass is 10.2. The number of anilines is 1. The molecule has 7 heteroatoms. The summed E-state index contributed by atoms with van der Waals surface area (Å²) in [4.78, 5) is 16.1. The van der Waals surface area contributed by atoms with Gasteiger partial charge in [-0.3, -0.25) is 4.79 Å². The van der Waals surface area contributed by atoms with Gasteiger partial charge in [0, 0.05) is 19.5 Å². The third-order valence-corrected chi connectivity index (χ3v) is 5.13. The highest BCUT2D eigenvalue weighted by molar-refractivity contribution is 9.11. The fourth-order valence-corrected chi connectivity index (χ4v) is 4.04. The zero-order valence-corrected chi connectivity index (χ0v) is 14.7. The molecule has 3 nitrogen and oxygen atoms in total. The number of hydrogen-bond donors (Lipinski definition) is 2. The molecule has 1 amide bonds. The van der Waals surface area contributed by atoms with Gasteiger partial charge in [0.15, 0.2) is 3.95 Å². The molecule has 0 unspecified atom stereocenters. The predicted molar refractivity (Wildman–Crippen MR) is 88.4 cm³/mol. The Hall–Kier alpha value is -0.500. The van der Waals surface area contributed by atoms with Crippen LogP contribution in [0.2, 0.25) is 0 Å². The van der Waals surface area contributed by atoms with Crippen molar-refractivity contribution in [3.8, 4) is 0 Å². The van der Waals surface area contributed by atoms with Gasteiger partial charge in [-0.25, -0.2) is 0 Å². The SMILES string of the molecule is Cc1[nH]c(=S)sc1CC(=O)Nc1c(Br)cccc1Br. The Morgan fingerprint density at radius 1 is 1.42 bits per heavy atom. The van der Waals surface area contributed by atoms with Crippen LogP contribution in [0.25, 0.3) is 0 Å². The van der Waals surface area contributed by atoms with Crippen molar-refractivity contribution in [3.05, 3.63) is 41.7 Å².